The summed E-state index contributed by atoms with van der Waals surface area (Å²) in [6, 6.07) is 14.4. The van der Waals surface area contributed by atoms with Gasteiger partial charge < -0.3 is 4.57 Å². The second kappa shape index (κ2) is 10.7. The first-order valence-electron chi connectivity index (χ1n) is 10.3. The van der Waals surface area contributed by atoms with Gasteiger partial charge >= 0.3 is 0 Å². The molecule has 1 saturated carbocycles. The molecule has 1 amide bonds. The molecule has 8 heteroatoms. The molecule has 1 N–H and O–H groups in total. The van der Waals surface area contributed by atoms with Gasteiger partial charge in [-0.05, 0) is 29.9 Å². The van der Waals surface area contributed by atoms with Gasteiger partial charge in [-0.3, -0.25) is 9.63 Å². The summed E-state index contributed by atoms with van der Waals surface area (Å²) in [6.45, 7) is 0.348. The van der Waals surface area contributed by atoms with Crippen LogP contribution in [0.2, 0.25) is 0 Å². The highest BCUT2D eigenvalue weighted by Crippen LogP contribution is 2.33. The molecule has 2 heterocycles. The molecule has 30 heavy (non-hydrogen) atoms. The van der Waals surface area contributed by atoms with Crippen molar-refractivity contribution in [3.05, 3.63) is 64.1 Å². The van der Waals surface area contributed by atoms with E-state index in [4.69, 9.17) is 4.84 Å². The van der Waals surface area contributed by atoms with Gasteiger partial charge in [-0.25, -0.2) is 5.48 Å². The van der Waals surface area contributed by atoms with Crippen LogP contribution < -0.4 is 5.48 Å². The SMILES string of the molecule is O=C(CSc1nnc(Cc2cccs2)n1C1CCCCC1)NOCc1ccccc1. The number of hydroxylamine groups is 1. The van der Waals surface area contributed by atoms with Crippen molar-refractivity contribution in [3.8, 4) is 0 Å². The fourth-order valence-electron chi connectivity index (χ4n) is 3.74. The average molecular weight is 443 g/mol. The van der Waals surface area contributed by atoms with E-state index in [1.54, 1.807) is 11.3 Å². The molecule has 4 rings (SSSR count). The Morgan fingerprint density at radius 3 is 2.73 bits per heavy atom. The first-order valence-corrected chi connectivity index (χ1v) is 12.2. The first kappa shape index (κ1) is 21.1. The summed E-state index contributed by atoms with van der Waals surface area (Å²) in [7, 11) is 0. The lowest BCUT2D eigenvalue weighted by Crippen LogP contribution is -2.25. The largest absolute Gasteiger partial charge is 0.303 e. The number of hydrogen-bond acceptors (Lipinski definition) is 6. The molecule has 158 valence electrons. The van der Waals surface area contributed by atoms with Gasteiger partial charge in [0, 0.05) is 17.3 Å². The highest BCUT2D eigenvalue weighted by atomic mass is 32.2. The van der Waals surface area contributed by atoms with E-state index in [1.165, 1.54) is 35.9 Å². The number of benzene rings is 1. The Kier molecular flexibility index (Phi) is 7.55. The van der Waals surface area contributed by atoms with E-state index in [1.807, 2.05) is 30.3 Å². The molecule has 0 bridgehead atoms. The highest BCUT2D eigenvalue weighted by Gasteiger charge is 2.23. The Balaban J connectivity index is 1.36. The Labute approximate surface area is 185 Å². The monoisotopic (exact) mass is 442 g/mol. The van der Waals surface area contributed by atoms with E-state index >= 15 is 0 Å². The average Bonchev–Trinajstić information content (AvgIpc) is 3.44. The van der Waals surface area contributed by atoms with Crippen LogP contribution in [-0.2, 0) is 22.7 Å². The van der Waals surface area contributed by atoms with Crippen LogP contribution in [0.4, 0.5) is 0 Å². The summed E-state index contributed by atoms with van der Waals surface area (Å²) in [5.41, 5.74) is 3.54. The smallest absolute Gasteiger partial charge is 0.254 e. The van der Waals surface area contributed by atoms with Gasteiger partial charge in [-0.15, -0.1) is 21.5 Å². The maximum atomic E-state index is 12.2. The van der Waals surface area contributed by atoms with E-state index < -0.39 is 0 Å². The number of thioether (sulfide) groups is 1. The second-order valence-corrected chi connectivity index (χ2v) is 9.38. The van der Waals surface area contributed by atoms with Gasteiger partial charge in [-0.1, -0.05) is 67.4 Å². The number of aromatic nitrogens is 3. The molecule has 1 aliphatic carbocycles. The molecule has 0 radical (unpaired) electrons. The minimum Gasteiger partial charge on any atom is -0.303 e. The van der Waals surface area contributed by atoms with Gasteiger partial charge in [0.15, 0.2) is 5.16 Å². The predicted octanol–water partition coefficient (Wildman–Crippen LogP) is 4.78. The molecule has 3 aromatic rings. The number of rotatable bonds is 9. The van der Waals surface area contributed by atoms with Crippen LogP contribution in [0.1, 0.15) is 54.4 Å². The fraction of sp³-hybridized carbons (Fsp3) is 0.409. The van der Waals surface area contributed by atoms with Crippen LogP contribution in [0.3, 0.4) is 0 Å². The number of thiophene rings is 1. The third-order valence-corrected chi connectivity index (χ3v) is 7.01. The lowest BCUT2D eigenvalue weighted by atomic mass is 9.95. The minimum atomic E-state index is -0.172. The van der Waals surface area contributed by atoms with Crippen molar-refractivity contribution in [3.63, 3.8) is 0 Å². The van der Waals surface area contributed by atoms with Gasteiger partial charge in [-0.2, -0.15) is 0 Å². The summed E-state index contributed by atoms with van der Waals surface area (Å²) in [5.74, 6) is 1.07. The first-order chi connectivity index (χ1) is 14.8. The molecule has 6 nitrogen and oxygen atoms in total. The third-order valence-electron chi connectivity index (χ3n) is 5.19. The lowest BCUT2D eigenvalue weighted by molar-refractivity contribution is -0.131. The molecular formula is C22H26N4O2S2. The zero-order chi connectivity index (χ0) is 20.6. The van der Waals surface area contributed by atoms with Gasteiger partial charge in [0.1, 0.15) is 5.82 Å². The van der Waals surface area contributed by atoms with Crippen molar-refractivity contribution in [2.24, 2.45) is 0 Å². The van der Waals surface area contributed by atoms with Crippen LogP contribution in [0, 0.1) is 0 Å². The van der Waals surface area contributed by atoms with Crippen molar-refractivity contribution in [2.45, 2.75) is 56.3 Å². The molecule has 0 saturated heterocycles. The van der Waals surface area contributed by atoms with Crippen LogP contribution >= 0.6 is 23.1 Å². The van der Waals surface area contributed by atoms with E-state index in [0.29, 0.717) is 12.6 Å². The Morgan fingerprint density at radius 1 is 1.13 bits per heavy atom. The second-order valence-electron chi connectivity index (χ2n) is 7.40. The molecule has 2 aromatic heterocycles. The normalized spacial score (nSPS) is 14.7. The Morgan fingerprint density at radius 2 is 1.97 bits per heavy atom. The topological polar surface area (TPSA) is 69.0 Å². The van der Waals surface area contributed by atoms with Crippen molar-refractivity contribution >= 4 is 29.0 Å². The molecule has 1 aliphatic rings. The number of nitrogens with one attached hydrogen (secondary N) is 1. The summed E-state index contributed by atoms with van der Waals surface area (Å²) in [6.07, 6.45) is 6.85. The fourth-order valence-corrected chi connectivity index (χ4v) is 5.25. The summed E-state index contributed by atoms with van der Waals surface area (Å²) < 4.78 is 2.28. The molecular weight excluding hydrogens is 416 g/mol. The number of nitrogens with zero attached hydrogens (tertiary/aromatic N) is 3. The molecule has 0 atom stereocenters. The van der Waals surface area contributed by atoms with Crippen LogP contribution in [0.5, 0.6) is 0 Å². The van der Waals surface area contributed by atoms with Crippen molar-refractivity contribution < 1.29 is 9.63 Å². The number of amides is 1. The van der Waals surface area contributed by atoms with Crippen molar-refractivity contribution in [1.29, 1.82) is 0 Å². The quantitative estimate of drug-likeness (QED) is 0.382. The third kappa shape index (κ3) is 5.71. The van der Waals surface area contributed by atoms with Crippen molar-refractivity contribution in [2.75, 3.05) is 5.75 Å². The van der Waals surface area contributed by atoms with Crippen LogP contribution in [-0.4, -0.2) is 26.4 Å². The standard InChI is InChI=1S/C22H26N4O2S2/c27-21(25-28-15-17-8-3-1-4-9-17)16-30-22-24-23-20(14-19-12-7-13-29-19)26(22)18-10-5-2-6-11-18/h1,3-4,7-9,12-13,18H,2,5-6,10-11,14-16H2,(H,25,27). The number of carbonyl (C=O) groups is 1. The molecule has 0 aliphatic heterocycles. The van der Waals surface area contributed by atoms with Gasteiger partial charge in [0.05, 0.1) is 12.4 Å². The summed E-state index contributed by atoms with van der Waals surface area (Å²) in [5, 5.41) is 11.8. The molecule has 0 unspecified atom stereocenters. The van der Waals surface area contributed by atoms with Crippen LogP contribution in [0.25, 0.3) is 0 Å². The van der Waals surface area contributed by atoms with Gasteiger partial charge in [0.2, 0.25) is 0 Å². The summed E-state index contributed by atoms with van der Waals surface area (Å²) >= 11 is 3.17. The van der Waals surface area contributed by atoms with E-state index in [9.17, 15) is 4.79 Å². The number of hydrogen-bond donors (Lipinski definition) is 1. The lowest BCUT2D eigenvalue weighted by Gasteiger charge is -2.25. The van der Waals surface area contributed by atoms with E-state index in [2.05, 4.69) is 37.8 Å². The van der Waals surface area contributed by atoms with Gasteiger partial charge in [0.25, 0.3) is 5.91 Å². The minimum absolute atomic E-state index is 0.172. The zero-order valence-electron chi connectivity index (χ0n) is 16.8. The van der Waals surface area contributed by atoms with E-state index in [-0.39, 0.29) is 11.7 Å². The summed E-state index contributed by atoms with van der Waals surface area (Å²) in [4.78, 5) is 18.9. The molecule has 1 aromatic carbocycles. The maximum absolute atomic E-state index is 12.2. The van der Waals surface area contributed by atoms with E-state index in [0.717, 1.165) is 35.8 Å². The Bertz CT molecular complexity index is 922. The highest BCUT2D eigenvalue weighted by molar-refractivity contribution is 7.99. The zero-order valence-corrected chi connectivity index (χ0v) is 18.5. The Hall–Kier alpha value is -2.16. The van der Waals surface area contributed by atoms with Crippen molar-refractivity contribution in [1.82, 2.24) is 20.2 Å². The number of carbonyl (C=O) groups excluding carboxylic acids is 1. The molecule has 0 spiro atoms. The van der Waals surface area contributed by atoms with Crippen LogP contribution in [0.15, 0.2) is 53.0 Å². The molecule has 1 fully saturated rings. The predicted molar refractivity (Wildman–Crippen MR) is 119 cm³/mol. The maximum Gasteiger partial charge on any atom is 0.254 e.